The molecule has 4 rings (SSSR count). The number of likely N-dealkylation sites (tertiary alicyclic amines) is 2. The van der Waals surface area contributed by atoms with Gasteiger partial charge in [0, 0.05) is 74.6 Å². The number of aryl methyl sites for hydroxylation is 1. The second kappa shape index (κ2) is 7.46. The number of aromatic nitrogens is 4. The lowest BCUT2D eigenvalue weighted by atomic mass is 9.73. The van der Waals surface area contributed by atoms with Gasteiger partial charge in [0.25, 0.3) is 0 Å². The molecule has 27 heavy (non-hydrogen) atoms. The van der Waals surface area contributed by atoms with Crippen molar-refractivity contribution >= 4 is 5.91 Å². The highest BCUT2D eigenvalue weighted by Crippen LogP contribution is 2.39. The molecule has 0 saturated carbocycles. The first-order valence-electron chi connectivity index (χ1n) is 10.00. The Bertz CT molecular complexity index is 783. The molecule has 146 valence electrons. The van der Waals surface area contributed by atoms with Gasteiger partial charge >= 0.3 is 0 Å². The van der Waals surface area contributed by atoms with Crippen LogP contribution in [0.5, 0.6) is 0 Å². The first kappa shape index (κ1) is 18.2. The Morgan fingerprint density at radius 1 is 1.26 bits per heavy atom. The van der Waals surface area contributed by atoms with Crippen molar-refractivity contribution in [3.63, 3.8) is 0 Å². The quantitative estimate of drug-likeness (QED) is 0.873. The van der Waals surface area contributed by atoms with Crippen LogP contribution in [-0.4, -0.2) is 61.6 Å². The van der Waals surface area contributed by atoms with Crippen LogP contribution in [0, 0.1) is 12.3 Å². The molecule has 0 radical (unpaired) electrons. The molecule has 7 nitrogen and oxygen atoms in total. The number of hydrogen-bond donors (Lipinski definition) is 1. The number of H-pyrrole nitrogens is 1. The maximum atomic E-state index is 12.5. The summed E-state index contributed by atoms with van der Waals surface area (Å²) in [6.45, 7) is 6.99. The predicted molar refractivity (Wildman–Crippen MR) is 103 cm³/mol. The molecule has 4 heterocycles. The van der Waals surface area contributed by atoms with Gasteiger partial charge in [0.15, 0.2) is 0 Å². The molecule has 2 aromatic rings. The molecule has 0 bridgehead atoms. The standard InChI is InChI=1S/C20H30N6O/c1-16-17(10-23-24(16)2)12-25-8-3-6-20(13-25)7-4-19(27)26(14-20)9-5-18-11-21-15-22-18/h10-11,15H,3-9,12-14H2,1-2H3,(H,21,22)/t20-/m1/s1. The fraction of sp³-hybridized carbons (Fsp3) is 0.650. The second-order valence-corrected chi connectivity index (χ2v) is 8.34. The first-order valence-corrected chi connectivity index (χ1v) is 10.00. The molecule has 1 amide bonds. The highest BCUT2D eigenvalue weighted by Gasteiger charge is 2.41. The van der Waals surface area contributed by atoms with Crippen LogP contribution < -0.4 is 0 Å². The average Bonchev–Trinajstić information content (AvgIpc) is 3.29. The maximum absolute atomic E-state index is 12.5. The van der Waals surface area contributed by atoms with Crippen molar-refractivity contribution in [2.75, 3.05) is 26.2 Å². The summed E-state index contributed by atoms with van der Waals surface area (Å²) in [7, 11) is 2.00. The number of amides is 1. The van der Waals surface area contributed by atoms with E-state index in [2.05, 4.69) is 31.8 Å². The Hall–Kier alpha value is -2.15. The van der Waals surface area contributed by atoms with E-state index in [9.17, 15) is 4.79 Å². The molecule has 0 aliphatic carbocycles. The molecule has 1 N–H and O–H groups in total. The van der Waals surface area contributed by atoms with E-state index < -0.39 is 0 Å². The fourth-order valence-corrected chi connectivity index (χ4v) is 4.70. The SMILES string of the molecule is Cc1c(CN2CCC[C@@]3(CCC(=O)N(CCc4cnc[nH]4)C3)C2)cnn1C. The van der Waals surface area contributed by atoms with Crippen molar-refractivity contribution in [3.8, 4) is 0 Å². The monoisotopic (exact) mass is 370 g/mol. The van der Waals surface area contributed by atoms with Crippen molar-refractivity contribution in [1.29, 1.82) is 0 Å². The highest BCUT2D eigenvalue weighted by atomic mass is 16.2. The number of piperidine rings is 2. The van der Waals surface area contributed by atoms with Crippen LogP contribution in [0.25, 0.3) is 0 Å². The Balaban J connectivity index is 1.40. The van der Waals surface area contributed by atoms with Crippen molar-refractivity contribution in [1.82, 2.24) is 29.5 Å². The molecule has 2 saturated heterocycles. The second-order valence-electron chi connectivity index (χ2n) is 8.34. The largest absolute Gasteiger partial charge is 0.348 e. The minimum absolute atomic E-state index is 0.246. The number of nitrogens with one attached hydrogen (secondary N) is 1. The first-order chi connectivity index (χ1) is 13.0. The van der Waals surface area contributed by atoms with Gasteiger partial charge in [-0.15, -0.1) is 0 Å². The van der Waals surface area contributed by atoms with Crippen LogP contribution >= 0.6 is 0 Å². The van der Waals surface area contributed by atoms with Gasteiger partial charge in [0.05, 0.1) is 12.5 Å². The van der Waals surface area contributed by atoms with Crippen LogP contribution in [-0.2, 0) is 24.8 Å². The van der Waals surface area contributed by atoms with Crippen molar-refractivity contribution in [3.05, 3.63) is 35.7 Å². The van der Waals surface area contributed by atoms with E-state index in [1.54, 1.807) is 6.33 Å². The molecule has 1 spiro atoms. The third kappa shape index (κ3) is 3.93. The van der Waals surface area contributed by atoms with E-state index in [1.165, 1.54) is 24.1 Å². The lowest BCUT2D eigenvalue weighted by molar-refractivity contribution is -0.139. The van der Waals surface area contributed by atoms with E-state index in [0.29, 0.717) is 12.3 Å². The van der Waals surface area contributed by atoms with Gasteiger partial charge in [-0.05, 0) is 32.7 Å². The third-order valence-electron chi connectivity index (χ3n) is 6.43. The number of nitrogens with zero attached hydrogens (tertiary/aromatic N) is 5. The van der Waals surface area contributed by atoms with Gasteiger partial charge in [-0.3, -0.25) is 14.4 Å². The fourth-order valence-electron chi connectivity index (χ4n) is 4.70. The van der Waals surface area contributed by atoms with E-state index in [-0.39, 0.29) is 5.41 Å². The molecular weight excluding hydrogens is 340 g/mol. The summed E-state index contributed by atoms with van der Waals surface area (Å²) in [5.74, 6) is 0.306. The topological polar surface area (TPSA) is 70.1 Å². The lowest BCUT2D eigenvalue weighted by Gasteiger charge is -2.48. The number of rotatable bonds is 5. The van der Waals surface area contributed by atoms with Crippen LogP contribution in [0.4, 0.5) is 0 Å². The molecule has 7 heteroatoms. The minimum Gasteiger partial charge on any atom is -0.348 e. The zero-order valence-corrected chi connectivity index (χ0v) is 16.4. The van der Waals surface area contributed by atoms with Crippen LogP contribution in [0.2, 0.25) is 0 Å². The minimum atomic E-state index is 0.246. The Morgan fingerprint density at radius 2 is 2.15 bits per heavy atom. The highest BCUT2D eigenvalue weighted by molar-refractivity contribution is 5.77. The summed E-state index contributed by atoms with van der Waals surface area (Å²) in [4.78, 5) is 24.3. The molecule has 2 aliphatic heterocycles. The molecule has 1 atom stereocenters. The van der Waals surface area contributed by atoms with Gasteiger partial charge in [-0.2, -0.15) is 5.10 Å². The van der Waals surface area contributed by atoms with Gasteiger partial charge < -0.3 is 9.88 Å². The molecule has 2 aliphatic rings. The summed E-state index contributed by atoms with van der Waals surface area (Å²) in [5.41, 5.74) is 3.91. The van der Waals surface area contributed by atoms with Crippen LogP contribution in [0.3, 0.4) is 0 Å². The van der Waals surface area contributed by atoms with Gasteiger partial charge in [-0.25, -0.2) is 4.98 Å². The Kier molecular flexibility index (Phi) is 5.04. The van der Waals surface area contributed by atoms with Crippen molar-refractivity contribution in [2.45, 2.75) is 45.6 Å². The summed E-state index contributed by atoms with van der Waals surface area (Å²) >= 11 is 0. The Labute approximate surface area is 160 Å². The predicted octanol–water partition coefficient (Wildman–Crippen LogP) is 1.90. The third-order valence-corrected chi connectivity index (χ3v) is 6.43. The average molecular weight is 371 g/mol. The van der Waals surface area contributed by atoms with Crippen molar-refractivity contribution < 1.29 is 4.79 Å². The number of imidazole rings is 1. The molecule has 0 aromatic carbocycles. The van der Waals surface area contributed by atoms with E-state index in [4.69, 9.17) is 0 Å². The van der Waals surface area contributed by atoms with E-state index >= 15 is 0 Å². The van der Waals surface area contributed by atoms with Crippen LogP contribution in [0.1, 0.15) is 42.6 Å². The smallest absolute Gasteiger partial charge is 0.222 e. The zero-order chi connectivity index (χ0) is 18.9. The van der Waals surface area contributed by atoms with E-state index in [0.717, 1.165) is 51.3 Å². The number of carbonyl (C=O) groups excluding carboxylic acids is 1. The summed E-state index contributed by atoms with van der Waals surface area (Å²) < 4.78 is 1.95. The molecule has 2 fully saturated rings. The molecule has 2 aromatic heterocycles. The van der Waals surface area contributed by atoms with Crippen LogP contribution in [0.15, 0.2) is 18.7 Å². The van der Waals surface area contributed by atoms with Gasteiger partial charge in [0.1, 0.15) is 0 Å². The Morgan fingerprint density at radius 3 is 2.89 bits per heavy atom. The number of carbonyl (C=O) groups is 1. The number of hydrogen-bond acceptors (Lipinski definition) is 4. The molecular formula is C20H30N6O. The van der Waals surface area contributed by atoms with Crippen molar-refractivity contribution in [2.24, 2.45) is 12.5 Å². The molecule has 0 unspecified atom stereocenters. The zero-order valence-electron chi connectivity index (χ0n) is 16.4. The van der Waals surface area contributed by atoms with E-state index in [1.807, 2.05) is 24.1 Å². The summed E-state index contributed by atoms with van der Waals surface area (Å²) in [6, 6.07) is 0. The van der Waals surface area contributed by atoms with Gasteiger partial charge in [-0.1, -0.05) is 0 Å². The van der Waals surface area contributed by atoms with Gasteiger partial charge in [0.2, 0.25) is 5.91 Å². The normalized spacial score (nSPS) is 24.1. The lowest BCUT2D eigenvalue weighted by Crippen LogP contribution is -2.54. The maximum Gasteiger partial charge on any atom is 0.222 e. The number of aromatic amines is 1. The summed E-state index contributed by atoms with van der Waals surface area (Å²) in [5, 5.41) is 4.39. The summed E-state index contributed by atoms with van der Waals surface area (Å²) in [6.07, 6.45) is 10.5.